The van der Waals surface area contributed by atoms with Gasteiger partial charge in [0, 0.05) is 10.6 Å². The minimum Gasteiger partial charge on any atom is -0.458 e. The van der Waals surface area contributed by atoms with E-state index in [0.717, 1.165) is 4.88 Å². The second-order valence-electron chi connectivity index (χ2n) is 4.37. The maximum atomic E-state index is 12.3. The fraction of sp³-hybridized carbons (Fsp3) is 0.200. The van der Waals surface area contributed by atoms with Crippen LogP contribution in [0.4, 0.5) is 0 Å². The Morgan fingerprint density at radius 2 is 2.48 bits per heavy atom. The first-order chi connectivity index (χ1) is 10.1. The summed E-state index contributed by atoms with van der Waals surface area (Å²) in [4.78, 5) is 13.2. The zero-order valence-electron chi connectivity index (χ0n) is 11.4. The van der Waals surface area contributed by atoms with Gasteiger partial charge in [0.1, 0.15) is 6.61 Å². The molecular weight excluding hydrogens is 304 g/mol. The number of thiol groups is 1. The predicted octanol–water partition coefficient (Wildman–Crippen LogP) is 3.10. The molecule has 2 rings (SSSR count). The third-order valence-electron chi connectivity index (χ3n) is 3.04. The molecule has 0 radical (unpaired) electrons. The number of esters is 1. The Morgan fingerprint density at radius 3 is 3.05 bits per heavy atom. The van der Waals surface area contributed by atoms with Crippen molar-refractivity contribution < 1.29 is 9.53 Å². The summed E-state index contributed by atoms with van der Waals surface area (Å²) >= 11 is 5.80. The number of nitrogens with one attached hydrogen (secondary N) is 1. The first kappa shape index (κ1) is 15.4. The van der Waals surface area contributed by atoms with Gasteiger partial charge in [0.2, 0.25) is 0 Å². The van der Waals surface area contributed by atoms with Crippen LogP contribution in [0.1, 0.15) is 17.7 Å². The van der Waals surface area contributed by atoms with Crippen LogP contribution in [0.25, 0.3) is 0 Å². The number of nitrogens with zero attached hydrogens (tertiary/aromatic N) is 1. The molecule has 0 saturated heterocycles. The zero-order valence-corrected chi connectivity index (χ0v) is 13.1. The van der Waals surface area contributed by atoms with Crippen molar-refractivity contribution in [2.45, 2.75) is 12.8 Å². The third-order valence-corrected chi connectivity index (χ3v) is 4.33. The van der Waals surface area contributed by atoms with Gasteiger partial charge in [0.05, 0.1) is 28.2 Å². The van der Waals surface area contributed by atoms with E-state index in [9.17, 15) is 10.1 Å². The van der Waals surface area contributed by atoms with E-state index in [0.29, 0.717) is 21.9 Å². The van der Waals surface area contributed by atoms with Gasteiger partial charge in [-0.15, -0.1) is 24.0 Å². The van der Waals surface area contributed by atoms with Gasteiger partial charge in [-0.1, -0.05) is 18.7 Å². The van der Waals surface area contributed by atoms with Crippen molar-refractivity contribution in [1.82, 2.24) is 5.32 Å². The van der Waals surface area contributed by atoms with Crippen molar-refractivity contribution in [1.29, 1.82) is 5.26 Å². The van der Waals surface area contributed by atoms with E-state index in [4.69, 9.17) is 4.74 Å². The molecule has 1 atom stereocenters. The minimum atomic E-state index is -0.452. The first-order valence-electron chi connectivity index (χ1n) is 6.22. The SMILES string of the molecule is C=CCOC(=O)C1=C(C)NC(S)=C(C#N)C1c1cccs1. The lowest BCUT2D eigenvalue weighted by molar-refractivity contribution is -0.138. The Hall–Kier alpha value is -1.97. The largest absolute Gasteiger partial charge is 0.458 e. The summed E-state index contributed by atoms with van der Waals surface area (Å²) in [6.07, 6.45) is 1.51. The molecule has 2 heterocycles. The molecule has 0 fully saturated rings. The summed E-state index contributed by atoms with van der Waals surface area (Å²) in [5, 5.41) is 14.7. The number of allylic oxidation sites excluding steroid dienone is 2. The number of rotatable bonds is 4. The summed E-state index contributed by atoms with van der Waals surface area (Å²) in [5.41, 5.74) is 1.50. The van der Waals surface area contributed by atoms with Gasteiger partial charge in [-0.2, -0.15) is 5.26 Å². The lowest BCUT2D eigenvalue weighted by Gasteiger charge is -2.26. The molecule has 0 bridgehead atoms. The quantitative estimate of drug-likeness (QED) is 0.509. The van der Waals surface area contributed by atoms with Crippen LogP contribution in [-0.4, -0.2) is 12.6 Å². The van der Waals surface area contributed by atoms with Crippen LogP contribution in [0.5, 0.6) is 0 Å². The summed E-state index contributed by atoms with van der Waals surface area (Å²) in [6, 6.07) is 5.92. The zero-order chi connectivity index (χ0) is 15.4. The summed E-state index contributed by atoms with van der Waals surface area (Å²) in [5.74, 6) is -0.895. The highest BCUT2D eigenvalue weighted by atomic mass is 32.1. The molecule has 1 N–H and O–H groups in total. The molecule has 0 aromatic carbocycles. The molecular formula is C15H14N2O2S2. The van der Waals surface area contributed by atoms with Crippen LogP contribution in [0.2, 0.25) is 0 Å². The van der Waals surface area contributed by atoms with E-state index < -0.39 is 11.9 Å². The maximum Gasteiger partial charge on any atom is 0.337 e. The molecule has 0 saturated carbocycles. The van der Waals surface area contributed by atoms with Crippen molar-refractivity contribution in [3.05, 3.63) is 56.9 Å². The Balaban J connectivity index is 2.49. The number of carbonyl (C=O) groups excluding carboxylic acids is 1. The van der Waals surface area contributed by atoms with Gasteiger partial charge >= 0.3 is 5.97 Å². The first-order valence-corrected chi connectivity index (χ1v) is 7.55. The smallest absolute Gasteiger partial charge is 0.337 e. The van der Waals surface area contributed by atoms with Crippen LogP contribution < -0.4 is 5.32 Å². The lowest BCUT2D eigenvalue weighted by Crippen LogP contribution is -2.27. The van der Waals surface area contributed by atoms with E-state index in [1.165, 1.54) is 17.4 Å². The average Bonchev–Trinajstić information content (AvgIpc) is 2.97. The molecule has 6 heteroatoms. The second-order valence-corrected chi connectivity index (χ2v) is 5.80. The monoisotopic (exact) mass is 318 g/mol. The number of hydrogen-bond donors (Lipinski definition) is 2. The van der Waals surface area contributed by atoms with Gasteiger partial charge in [-0.05, 0) is 18.4 Å². The molecule has 1 aromatic heterocycles. The van der Waals surface area contributed by atoms with E-state index in [-0.39, 0.29) is 6.61 Å². The maximum absolute atomic E-state index is 12.3. The molecule has 1 aliphatic heterocycles. The van der Waals surface area contributed by atoms with Crippen molar-refractivity contribution in [2.24, 2.45) is 0 Å². The van der Waals surface area contributed by atoms with E-state index in [1.54, 1.807) is 6.92 Å². The third kappa shape index (κ3) is 3.04. The fourth-order valence-corrected chi connectivity index (χ4v) is 3.34. The van der Waals surface area contributed by atoms with Crippen LogP contribution >= 0.6 is 24.0 Å². The molecule has 1 unspecified atom stereocenters. The number of dihydropyridines is 1. The van der Waals surface area contributed by atoms with Crippen molar-refractivity contribution in [3.63, 3.8) is 0 Å². The average molecular weight is 318 g/mol. The molecule has 21 heavy (non-hydrogen) atoms. The molecule has 1 aromatic rings. The van der Waals surface area contributed by atoms with Crippen LogP contribution in [0, 0.1) is 11.3 Å². The van der Waals surface area contributed by atoms with Crippen LogP contribution in [-0.2, 0) is 9.53 Å². The van der Waals surface area contributed by atoms with E-state index in [1.807, 2.05) is 17.5 Å². The van der Waals surface area contributed by atoms with Crippen LogP contribution in [0.15, 0.2) is 52.0 Å². The number of nitriles is 1. The molecule has 1 aliphatic rings. The Labute approximate surface area is 132 Å². The molecule has 0 spiro atoms. The Morgan fingerprint density at radius 1 is 1.71 bits per heavy atom. The molecule has 0 amide bonds. The van der Waals surface area contributed by atoms with Gasteiger partial charge in [0.15, 0.2) is 0 Å². The number of carbonyl (C=O) groups is 1. The highest BCUT2D eigenvalue weighted by Gasteiger charge is 2.35. The standard InChI is InChI=1S/C15H14N2O2S2/c1-3-6-19-15(18)12-9(2)17-14(20)10(8-16)13(12)11-5-4-7-21-11/h3-5,7,13,17,20H,1,6H2,2H3. The van der Waals surface area contributed by atoms with Gasteiger partial charge in [0.25, 0.3) is 0 Å². The second kappa shape index (κ2) is 6.66. The fourth-order valence-electron chi connectivity index (χ4n) is 2.15. The van der Waals surface area contributed by atoms with Crippen molar-refractivity contribution >= 4 is 29.9 Å². The minimum absolute atomic E-state index is 0.131. The summed E-state index contributed by atoms with van der Waals surface area (Å²) in [7, 11) is 0. The van der Waals surface area contributed by atoms with Crippen molar-refractivity contribution in [2.75, 3.05) is 6.61 Å². The highest BCUT2D eigenvalue weighted by Crippen LogP contribution is 2.40. The normalized spacial score (nSPS) is 18.0. The Kier molecular flexibility index (Phi) is 4.89. The number of ether oxygens (including phenoxy) is 1. The van der Waals surface area contributed by atoms with Gasteiger partial charge in [-0.25, -0.2) is 4.79 Å². The molecule has 4 nitrogen and oxygen atoms in total. The van der Waals surface area contributed by atoms with Gasteiger partial charge < -0.3 is 10.1 Å². The van der Waals surface area contributed by atoms with Crippen molar-refractivity contribution in [3.8, 4) is 6.07 Å². The lowest BCUT2D eigenvalue weighted by atomic mass is 9.87. The van der Waals surface area contributed by atoms with Crippen LogP contribution in [0.3, 0.4) is 0 Å². The predicted molar refractivity (Wildman–Crippen MR) is 85.7 cm³/mol. The number of thiophene rings is 1. The number of hydrogen-bond acceptors (Lipinski definition) is 6. The Bertz CT molecular complexity index is 666. The summed E-state index contributed by atoms with van der Waals surface area (Å²) in [6.45, 7) is 5.43. The van der Waals surface area contributed by atoms with E-state index >= 15 is 0 Å². The van der Waals surface area contributed by atoms with E-state index in [2.05, 4.69) is 30.6 Å². The highest BCUT2D eigenvalue weighted by molar-refractivity contribution is 7.84. The topological polar surface area (TPSA) is 62.1 Å². The molecule has 108 valence electrons. The molecule has 0 aliphatic carbocycles. The summed E-state index contributed by atoms with van der Waals surface area (Å²) < 4.78 is 5.15. The van der Waals surface area contributed by atoms with Gasteiger partial charge in [-0.3, -0.25) is 0 Å².